The quantitative estimate of drug-likeness (QED) is 0.236. The van der Waals surface area contributed by atoms with Gasteiger partial charge in [-0.3, -0.25) is 9.48 Å². The van der Waals surface area contributed by atoms with Gasteiger partial charge in [0.2, 0.25) is 5.91 Å². The third-order valence-electron chi connectivity index (χ3n) is 6.64. The first kappa shape index (κ1) is 34.2. The van der Waals surface area contributed by atoms with Gasteiger partial charge in [-0.15, -0.1) is 0 Å². The van der Waals surface area contributed by atoms with E-state index in [1.54, 1.807) is 49.8 Å². The number of carbonyl (C=O) groups excluding carboxylic acids is 1. The summed E-state index contributed by atoms with van der Waals surface area (Å²) in [5, 5.41) is 16.0. The molecular formula is C24H26Cl2N3Na2O6P. The Bertz CT molecular complexity index is 1390. The van der Waals surface area contributed by atoms with Crippen molar-refractivity contribution < 1.29 is 87.9 Å². The van der Waals surface area contributed by atoms with Crippen LogP contribution in [0.2, 0.25) is 10.2 Å². The van der Waals surface area contributed by atoms with Gasteiger partial charge in [0.1, 0.15) is 0 Å². The topological polar surface area (TPSA) is 131 Å². The maximum Gasteiger partial charge on any atom is 1.00 e. The molecule has 0 radical (unpaired) electrons. The molecule has 1 aromatic heterocycles. The average Bonchev–Trinajstić information content (AvgIpc) is 3.06. The van der Waals surface area contributed by atoms with E-state index in [4.69, 9.17) is 23.2 Å². The molecule has 38 heavy (non-hydrogen) atoms. The summed E-state index contributed by atoms with van der Waals surface area (Å²) < 4.78 is 17.5. The molecule has 1 aliphatic rings. The van der Waals surface area contributed by atoms with Gasteiger partial charge in [0, 0.05) is 17.5 Å². The van der Waals surface area contributed by atoms with Crippen molar-refractivity contribution in [2.45, 2.75) is 51.3 Å². The summed E-state index contributed by atoms with van der Waals surface area (Å²) in [6.45, 7) is 4.61. The Morgan fingerprint density at radius 3 is 2.50 bits per heavy atom. The van der Waals surface area contributed by atoms with Crippen molar-refractivity contribution in [1.29, 1.82) is 0 Å². The van der Waals surface area contributed by atoms with Crippen molar-refractivity contribution >= 4 is 47.8 Å². The second-order valence-corrected chi connectivity index (χ2v) is 11.4. The zero-order valence-electron chi connectivity index (χ0n) is 22.2. The van der Waals surface area contributed by atoms with Crippen LogP contribution in [0.5, 0.6) is 0 Å². The average molecular weight is 600 g/mol. The minimum Gasteiger partial charge on any atom is -0.790 e. The molecule has 4 rings (SSSR count). The normalized spacial score (nSPS) is 17.6. The van der Waals surface area contributed by atoms with Gasteiger partial charge in [-0.25, -0.2) is 0 Å². The van der Waals surface area contributed by atoms with E-state index in [2.05, 4.69) is 9.62 Å². The molecule has 0 saturated carbocycles. The van der Waals surface area contributed by atoms with Gasteiger partial charge in [-0.05, 0) is 61.6 Å². The van der Waals surface area contributed by atoms with Crippen molar-refractivity contribution in [2.24, 2.45) is 7.05 Å². The predicted molar refractivity (Wildman–Crippen MR) is 132 cm³/mol. The minimum absolute atomic E-state index is 0. The Hall–Kier alpha value is 0.0300. The molecule has 0 fully saturated rings. The Morgan fingerprint density at radius 2 is 1.89 bits per heavy atom. The molecule has 2 aromatic carbocycles. The number of phosphoric acid groups is 1. The summed E-state index contributed by atoms with van der Waals surface area (Å²) in [4.78, 5) is 37.9. The largest absolute Gasteiger partial charge is 1.00 e. The minimum atomic E-state index is -5.29. The van der Waals surface area contributed by atoms with Gasteiger partial charge in [0.25, 0.3) is 0 Å². The smallest absolute Gasteiger partial charge is 0.790 e. The summed E-state index contributed by atoms with van der Waals surface area (Å²) >= 11 is 12.8. The van der Waals surface area contributed by atoms with E-state index >= 15 is 0 Å². The first-order valence-corrected chi connectivity index (χ1v) is 13.5. The number of hydrogen-bond acceptors (Lipinski definition) is 7. The van der Waals surface area contributed by atoms with E-state index in [9.17, 15) is 24.3 Å². The summed E-state index contributed by atoms with van der Waals surface area (Å²) in [7, 11) is -3.55. The summed E-state index contributed by atoms with van der Waals surface area (Å²) in [6.07, 6.45) is 0.0620. The number of nitrogens with zero attached hydrogens (tertiary/aromatic N) is 3. The zero-order chi connectivity index (χ0) is 26.6. The fourth-order valence-corrected chi connectivity index (χ4v) is 6.00. The number of rotatable bonds is 6. The molecule has 9 nitrogen and oxygen atoms in total. The number of halogens is 2. The number of fused-ring (bicyclic) bond motifs is 2. The molecule has 14 heteroatoms. The van der Waals surface area contributed by atoms with Gasteiger partial charge in [0.15, 0.2) is 5.15 Å². The van der Waals surface area contributed by atoms with Crippen LogP contribution in [0.25, 0.3) is 10.9 Å². The number of hydrogen-bond donors (Lipinski definition) is 1. The fourth-order valence-electron chi connectivity index (χ4n) is 5.09. The second kappa shape index (κ2) is 12.9. The van der Waals surface area contributed by atoms with Crippen molar-refractivity contribution in [2.75, 3.05) is 6.61 Å². The Balaban J connectivity index is 0.00000253. The predicted octanol–water partition coefficient (Wildman–Crippen LogP) is -2.98. The van der Waals surface area contributed by atoms with Gasteiger partial charge < -0.3 is 28.9 Å². The number of aliphatic hydroxyl groups is 1. The molecule has 1 amide bonds. The van der Waals surface area contributed by atoms with Gasteiger partial charge in [-0.1, -0.05) is 41.4 Å². The molecule has 0 saturated heterocycles. The molecule has 3 aromatic rings. The monoisotopic (exact) mass is 599 g/mol. The Labute approximate surface area is 275 Å². The second-order valence-electron chi connectivity index (χ2n) is 9.52. The Morgan fingerprint density at radius 1 is 1.24 bits per heavy atom. The number of carbonyl (C=O) groups is 1. The third-order valence-corrected chi connectivity index (χ3v) is 7.72. The molecular weight excluding hydrogens is 574 g/mol. The van der Waals surface area contributed by atoms with Crippen LogP contribution in [0.1, 0.15) is 49.1 Å². The van der Waals surface area contributed by atoms with E-state index < -0.39 is 32.1 Å². The van der Waals surface area contributed by atoms with Crippen molar-refractivity contribution in [3.8, 4) is 0 Å². The van der Waals surface area contributed by atoms with Crippen LogP contribution in [0.3, 0.4) is 0 Å². The SMILES string of the molecule is C[C@H]1c2cccc(C(C)(C)O)c2C[C@H](COP(=O)([O-])[O-])N1C(=O)Cc1c(Cl)ccc2c1c(Cl)nn2C.[Na+].[Na+]. The van der Waals surface area contributed by atoms with Crippen LogP contribution in [-0.2, 0) is 39.4 Å². The molecule has 0 bridgehead atoms. The van der Waals surface area contributed by atoms with Crippen molar-refractivity contribution in [3.63, 3.8) is 0 Å². The van der Waals surface area contributed by atoms with Crippen LogP contribution >= 0.6 is 31.0 Å². The van der Waals surface area contributed by atoms with E-state index in [1.165, 1.54) is 4.90 Å². The van der Waals surface area contributed by atoms with Crippen LogP contribution in [0, 0.1) is 0 Å². The zero-order valence-corrected chi connectivity index (χ0v) is 28.6. The molecule has 1 aliphatic heterocycles. The first-order chi connectivity index (χ1) is 16.7. The summed E-state index contributed by atoms with van der Waals surface area (Å²) in [6, 6.07) is 7.61. The molecule has 0 spiro atoms. The maximum absolute atomic E-state index is 13.8. The maximum atomic E-state index is 13.8. The third kappa shape index (κ3) is 7.08. The molecule has 2 heterocycles. The molecule has 1 N–H and O–H groups in total. The van der Waals surface area contributed by atoms with E-state index in [0.717, 1.165) is 11.1 Å². The fraction of sp³-hybridized carbons (Fsp3) is 0.417. The van der Waals surface area contributed by atoms with Crippen LogP contribution in [0.4, 0.5) is 0 Å². The van der Waals surface area contributed by atoms with Gasteiger partial charge in [0.05, 0.1) is 44.1 Å². The van der Waals surface area contributed by atoms with Crippen molar-refractivity contribution in [1.82, 2.24) is 14.7 Å². The van der Waals surface area contributed by atoms with E-state index in [-0.39, 0.29) is 83.0 Å². The summed E-state index contributed by atoms with van der Waals surface area (Å²) in [5.74, 6) is -0.351. The van der Waals surface area contributed by atoms with E-state index in [0.29, 0.717) is 27.1 Å². The van der Waals surface area contributed by atoms with E-state index in [1.807, 2.05) is 13.0 Å². The summed E-state index contributed by atoms with van der Waals surface area (Å²) in [5.41, 5.74) is 2.30. The number of phosphoric ester groups is 1. The van der Waals surface area contributed by atoms with Crippen LogP contribution < -0.4 is 68.9 Å². The first-order valence-electron chi connectivity index (χ1n) is 11.3. The molecule has 2 atom stereocenters. The van der Waals surface area contributed by atoms with Gasteiger partial charge >= 0.3 is 59.1 Å². The molecule has 0 aliphatic carbocycles. The number of aromatic nitrogens is 2. The van der Waals surface area contributed by atoms with Gasteiger partial charge in [-0.2, -0.15) is 5.10 Å². The molecule has 0 unspecified atom stereocenters. The standard InChI is InChI=1S/C24H28Cl2N3O6P.2Na/c1-13-15-6-5-7-18(24(2,3)31)16(15)10-14(12-35-36(32,33)34)29(13)21(30)11-17-19(25)8-9-20-22(17)23(26)27-28(20)4;;/h5-9,13-14,31H,10-12H2,1-4H3,(H2,32,33,34);;/q;2*+1/p-2/t13-,14+;;/m0../s1. The van der Waals surface area contributed by atoms with Crippen LogP contribution in [0.15, 0.2) is 30.3 Å². The molecule has 194 valence electrons. The Kier molecular flexibility index (Phi) is 11.6. The number of aryl methyl sites for hydroxylation is 1. The number of amides is 1. The van der Waals surface area contributed by atoms with Crippen LogP contribution in [-0.4, -0.2) is 38.3 Å². The van der Waals surface area contributed by atoms with Crippen molar-refractivity contribution in [3.05, 3.63) is 62.8 Å². The number of benzene rings is 2.